The van der Waals surface area contributed by atoms with Crippen molar-refractivity contribution in [2.45, 2.75) is 13.1 Å². The quantitative estimate of drug-likeness (QED) is 0.502. The molecule has 0 radical (unpaired) electrons. The number of ether oxygens (including phenoxy) is 5. The summed E-state index contributed by atoms with van der Waals surface area (Å²) in [5.41, 5.74) is 7.86. The summed E-state index contributed by atoms with van der Waals surface area (Å²) in [5, 5.41) is 3.08. The van der Waals surface area contributed by atoms with E-state index in [1.807, 2.05) is 30.3 Å². The molecule has 3 N–H and O–H groups in total. The summed E-state index contributed by atoms with van der Waals surface area (Å²) in [4.78, 5) is 4.37. The van der Waals surface area contributed by atoms with Gasteiger partial charge in [-0.1, -0.05) is 6.07 Å². The molecule has 8 nitrogen and oxygen atoms in total. The van der Waals surface area contributed by atoms with Crippen LogP contribution in [0.15, 0.2) is 35.3 Å². The molecule has 0 saturated carbocycles. The molecule has 2 aromatic carbocycles. The number of nitrogens with zero attached hydrogens (tertiary/aromatic N) is 1. The maximum atomic E-state index is 5.99. The molecule has 0 aliphatic heterocycles. The van der Waals surface area contributed by atoms with Gasteiger partial charge < -0.3 is 34.7 Å². The molecule has 0 heterocycles. The molecule has 0 aliphatic carbocycles. The van der Waals surface area contributed by atoms with Gasteiger partial charge in [0.25, 0.3) is 0 Å². The minimum atomic E-state index is 0.323. The van der Waals surface area contributed by atoms with Gasteiger partial charge in [-0.2, -0.15) is 0 Å². The van der Waals surface area contributed by atoms with Crippen molar-refractivity contribution in [2.24, 2.45) is 10.7 Å². The van der Waals surface area contributed by atoms with E-state index in [0.717, 1.165) is 11.1 Å². The number of hydrogen-bond donors (Lipinski definition) is 2. The summed E-state index contributed by atoms with van der Waals surface area (Å²) in [5.74, 6) is 3.35. The van der Waals surface area contributed by atoms with Gasteiger partial charge in [-0.25, -0.2) is 4.99 Å². The summed E-state index contributed by atoms with van der Waals surface area (Å²) in [6.45, 7) is 0.867. The first-order valence-electron chi connectivity index (χ1n) is 8.59. The second kappa shape index (κ2) is 10.1. The standard InChI is InChI=1S/C20H27N3O5/c1-24-15-7-6-13(8-16(15)25-2)11-22-20(21)23-12-14-9-17(26-3)19(28-5)18(10-14)27-4/h6-10H,11-12H2,1-5H3,(H3,21,22,23). The third-order valence-electron chi connectivity index (χ3n) is 4.08. The van der Waals surface area contributed by atoms with Crippen molar-refractivity contribution >= 4 is 5.96 Å². The molecule has 0 spiro atoms. The Morgan fingerprint density at radius 2 is 1.36 bits per heavy atom. The molecule has 28 heavy (non-hydrogen) atoms. The minimum absolute atomic E-state index is 0.323. The zero-order chi connectivity index (χ0) is 20.5. The number of nitrogens with two attached hydrogens (primary N) is 1. The van der Waals surface area contributed by atoms with Crippen LogP contribution in [0.2, 0.25) is 0 Å². The number of aliphatic imine (C=N–C) groups is 1. The largest absolute Gasteiger partial charge is 0.493 e. The maximum Gasteiger partial charge on any atom is 0.203 e. The van der Waals surface area contributed by atoms with Gasteiger partial charge in [-0.15, -0.1) is 0 Å². The van der Waals surface area contributed by atoms with E-state index in [0.29, 0.717) is 47.8 Å². The molecule has 0 aromatic heterocycles. The van der Waals surface area contributed by atoms with Crippen molar-refractivity contribution in [3.05, 3.63) is 41.5 Å². The number of methoxy groups -OCH3 is 5. The van der Waals surface area contributed by atoms with Crippen LogP contribution in [-0.4, -0.2) is 41.5 Å². The number of guanidine groups is 1. The molecule has 8 heteroatoms. The van der Waals surface area contributed by atoms with Crippen LogP contribution >= 0.6 is 0 Å². The van der Waals surface area contributed by atoms with Gasteiger partial charge >= 0.3 is 0 Å². The van der Waals surface area contributed by atoms with Crippen LogP contribution in [0.5, 0.6) is 28.7 Å². The van der Waals surface area contributed by atoms with E-state index >= 15 is 0 Å². The van der Waals surface area contributed by atoms with E-state index in [9.17, 15) is 0 Å². The third-order valence-corrected chi connectivity index (χ3v) is 4.08. The fraction of sp³-hybridized carbons (Fsp3) is 0.350. The Hall–Kier alpha value is -3.29. The second-order valence-electron chi connectivity index (χ2n) is 5.78. The number of rotatable bonds is 9. The lowest BCUT2D eigenvalue weighted by molar-refractivity contribution is 0.324. The first-order valence-corrected chi connectivity index (χ1v) is 8.59. The fourth-order valence-corrected chi connectivity index (χ4v) is 2.64. The van der Waals surface area contributed by atoms with Gasteiger partial charge in [0.15, 0.2) is 29.0 Å². The van der Waals surface area contributed by atoms with Crippen molar-refractivity contribution < 1.29 is 23.7 Å². The topological polar surface area (TPSA) is 96.6 Å². The molecule has 0 amide bonds. The average Bonchev–Trinajstić information content (AvgIpc) is 2.74. The van der Waals surface area contributed by atoms with E-state index < -0.39 is 0 Å². The molecule has 0 atom stereocenters. The average molecular weight is 389 g/mol. The lowest BCUT2D eigenvalue weighted by Gasteiger charge is -2.13. The zero-order valence-corrected chi connectivity index (χ0v) is 16.9. The first kappa shape index (κ1) is 21.0. The second-order valence-corrected chi connectivity index (χ2v) is 5.78. The molecule has 152 valence electrons. The van der Waals surface area contributed by atoms with Crippen LogP contribution in [0, 0.1) is 0 Å². The number of nitrogens with one attached hydrogen (secondary N) is 1. The Kier molecular flexibility index (Phi) is 7.62. The molecule has 0 unspecified atom stereocenters. The van der Waals surface area contributed by atoms with Gasteiger partial charge in [0.2, 0.25) is 5.75 Å². The Bertz CT molecular complexity index is 798. The molecule has 0 fully saturated rings. The normalized spacial score (nSPS) is 11.0. The highest BCUT2D eigenvalue weighted by Crippen LogP contribution is 2.38. The van der Waals surface area contributed by atoms with Gasteiger partial charge in [0, 0.05) is 6.54 Å². The molecule has 0 saturated heterocycles. The predicted octanol–water partition coefficient (Wildman–Crippen LogP) is 2.33. The molecular formula is C20H27N3O5. The summed E-state index contributed by atoms with van der Waals surface area (Å²) in [6, 6.07) is 9.34. The molecule has 0 aliphatic rings. The van der Waals surface area contributed by atoms with E-state index in [1.54, 1.807) is 35.5 Å². The Labute approximate surface area is 165 Å². The monoisotopic (exact) mass is 389 g/mol. The van der Waals surface area contributed by atoms with Crippen LogP contribution in [0.3, 0.4) is 0 Å². The Morgan fingerprint density at radius 3 is 1.89 bits per heavy atom. The van der Waals surface area contributed by atoms with Gasteiger partial charge in [0.05, 0.1) is 42.1 Å². The van der Waals surface area contributed by atoms with E-state index in [2.05, 4.69) is 10.3 Å². The van der Waals surface area contributed by atoms with Gasteiger partial charge in [0.1, 0.15) is 0 Å². The summed E-state index contributed by atoms with van der Waals surface area (Å²) in [7, 11) is 7.91. The van der Waals surface area contributed by atoms with Crippen LogP contribution in [0.1, 0.15) is 11.1 Å². The lowest BCUT2D eigenvalue weighted by atomic mass is 10.2. The van der Waals surface area contributed by atoms with Crippen molar-refractivity contribution in [1.82, 2.24) is 5.32 Å². The summed E-state index contributed by atoms with van der Waals surface area (Å²) in [6.07, 6.45) is 0. The highest BCUT2D eigenvalue weighted by Gasteiger charge is 2.13. The molecule has 2 aromatic rings. The molecular weight excluding hydrogens is 362 g/mol. The Balaban J connectivity index is 2.05. The molecule has 0 bridgehead atoms. The van der Waals surface area contributed by atoms with E-state index in [1.165, 1.54) is 0 Å². The number of benzene rings is 2. The molecule has 2 rings (SSSR count). The highest BCUT2D eigenvalue weighted by molar-refractivity contribution is 5.77. The van der Waals surface area contributed by atoms with Crippen molar-refractivity contribution in [3.8, 4) is 28.7 Å². The van der Waals surface area contributed by atoms with Gasteiger partial charge in [-0.3, -0.25) is 0 Å². The highest BCUT2D eigenvalue weighted by atomic mass is 16.5. The maximum absolute atomic E-state index is 5.99. The summed E-state index contributed by atoms with van der Waals surface area (Å²) >= 11 is 0. The van der Waals surface area contributed by atoms with Crippen LogP contribution in [-0.2, 0) is 13.1 Å². The zero-order valence-electron chi connectivity index (χ0n) is 16.9. The summed E-state index contributed by atoms with van der Waals surface area (Å²) < 4.78 is 26.6. The SMILES string of the molecule is COc1ccc(CNC(N)=NCc2cc(OC)c(OC)c(OC)c2)cc1OC. The number of hydrogen-bond acceptors (Lipinski definition) is 6. The van der Waals surface area contributed by atoms with Crippen LogP contribution in [0.4, 0.5) is 0 Å². The van der Waals surface area contributed by atoms with Crippen molar-refractivity contribution in [2.75, 3.05) is 35.5 Å². The van der Waals surface area contributed by atoms with E-state index in [-0.39, 0.29) is 0 Å². The van der Waals surface area contributed by atoms with Crippen LogP contribution < -0.4 is 34.7 Å². The first-order chi connectivity index (χ1) is 13.6. The van der Waals surface area contributed by atoms with E-state index in [4.69, 9.17) is 29.4 Å². The minimum Gasteiger partial charge on any atom is -0.493 e. The smallest absolute Gasteiger partial charge is 0.203 e. The van der Waals surface area contributed by atoms with Crippen LogP contribution in [0.25, 0.3) is 0 Å². The Morgan fingerprint density at radius 1 is 0.786 bits per heavy atom. The predicted molar refractivity (Wildman–Crippen MR) is 108 cm³/mol. The lowest BCUT2D eigenvalue weighted by Crippen LogP contribution is -2.31. The van der Waals surface area contributed by atoms with Crippen molar-refractivity contribution in [3.63, 3.8) is 0 Å². The van der Waals surface area contributed by atoms with Gasteiger partial charge in [-0.05, 0) is 35.4 Å². The fourth-order valence-electron chi connectivity index (χ4n) is 2.64. The third kappa shape index (κ3) is 5.12. The van der Waals surface area contributed by atoms with Crippen molar-refractivity contribution in [1.29, 1.82) is 0 Å².